The average Bonchev–Trinajstić information content (AvgIpc) is 2.73. The second-order valence-corrected chi connectivity index (χ2v) is 9.01. The Hall–Kier alpha value is -2.56. The van der Waals surface area contributed by atoms with Gasteiger partial charge in [-0.25, -0.2) is 12.8 Å². The standard InChI is InChI=1S/C20H24FN3O5S/c1-16-3-6-18(24(25)26)15-20(16)30(27,28)23-12-10-22(11-13-23)9-2-14-29-19-7-4-17(21)5-8-19/h3-8,15H,2,9-14H2,1H3. The molecule has 0 unspecified atom stereocenters. The number of piperazine rings is 1. The molecule has 1 aliphatic rings. The average molecular weight is 437 g/mol. The number of hydrogen-bond donors (Lipinski definition) is 0. The minimum absolute atomic E-state index is 0.0159. The lowest BCUT2D eigenvalue weighted by Crippen LogP contribution is -2.49. The molecule has 1 fully saturated rings. The number of halogens is 1. The van der Waals surface area contributed by atoms with E-state index in [9.17, 15) is 22.9 Å². The first-order chi connectivity index (χ1) is 14.3. The van der Waals surface area contributed by atoms with Crippen LogP contribution in [0.3, 0.4) is 0 Å². The number of benzene rings is 2. The first kappa shape index (κ1) is 22.1. The van der Waals surface area contributed by atoms with Crippen LogP contribution in [-0.2, 0) is 10.0 Å². The highest BCUT2D eigenvalue weighted by atomic mass is 32.2. The molecule has 30 heavy (non-hydrogen) atoms. The van der Waals surface area contributed by atoms with Gasteiger partial charge in [-0.3, -0.25) is 10.1 Å². The number of rotatable bonds is 8. The fourth-order valence-corrected chi connectivity index (χ4v) is 4.99. The second-order valence-electron chi connectivity index (χ2n) is 7.11. The predicted molar refractivity (Wildman–Crippen MR) is 110 cm³/mol. The van der Waals surface area contributed by atoms with Crippen molar-refractivity contribution in [2.45, 2.75) is 18.2 Å². The largest absolute Gasteiger partial charge is 0.494 e. The van der Waals surface area contributed by atoms with Gasteiger partial charge in [-0.15, -0.1) is 0 Å². The minimum atomic E-state index is -3.79. The van der Waals surface area contributed by atoms with Gasteiger partial charge in [0.1, 0.15) is 11.6 Å². The maximum absolute atomic E-state index is 13.0. The molecule has 3 rings (SSSR count). The van der Waals surface area contributed by atoms with Gasteiger partial charge in [0.2, 0.25) is 10.0 Å². The third kappa shape index (κ3) is 5.32. The quantitative estimate of drug-likeness (QED) is 0.358. The summed E-state index contributed by atoms with van der Waals surface area (Å²) in [6.45, 7) is 4.66. The van der Waals surface area contributed by atoms with E-state index in [0.717, 1.165) is 19.0 Å². The Morgan fingerprint density at radius 2 is 1.77 bits per heavy atom. The van der Waals surface area contributed by atoms with Gasteiger partial charge in [-0.05, 0) is 43.2 Å². The van der Waals surface area contributed by atoms with Crippen LogP contribution in [0.15, 0.2) is 47.4 Å². The van der Waals surface area contributed by atoms with E-state index in [1.807, 2.05) is 0 Å². The molecule has 8 nitrogen and oxygen atoms in total. The zero-order valence-electron chi connectivity index (χ0n) is 16.7. The van der Waals surface area contributed by atoms with Gasteiger partial charge < -0.3 is 9.64 Å². The lowest BCUT2D eigenvalue weighted by molar-refractivity contribution is -0.385. The molecule has 10 heteroatoms. The Labute approximate surface area is 175 Å². The summed E-state index contributed by atoms with van der Waals surface area (Å²) in [5, 5.41) is 11.0. The molecule has 1 heterocycles. The van der Waals surface area contributed by atoms with E-state index in [-0.39, 0.29) is 16.4 Å². The van der Waals surface area contributed by atoms with E-state index in [2.05, 4.69) is 4.90 Å². The van der Waals surface area contributed by atoms with Crippen molar-refractivity contribution in [3.8, 4) is 5.75 Å². The van der Waals surface area contributed by atoms with E-state index in [1.165, 1.54) is 28.6 Å². The topological polar surface area (TPSA) is 93.0 Å². The van der Waals surface area contributed by atoms with Crippen molar-refractivity contribution in [3.63, 3.8) is 0 Å². The highest BCUT2D eigenvalue weighted by Crippen LogP contribution is 2.25. The van der Waals surface area contributed by atoms with Crippen LogP contribution >= 0.6 is 0 Å². The van der Waals surface area contributed by atoms with E-state index in [0.29, 0.717) is 44.1 Å². The van der Waals surface area contributed by atoms with Gasteiger partial charge in [0, 0.05) is 44.9 Å². The van der Waals surface area contributed by atoms with Gasteiger partial charge in [-0.2, -0.15) is 4.31 Å². The van der Waals surface area contributed by atoms with Crippen molar-refractivity contribution in [2.75, 3.05) is 39.3 Å². The molecule has 1 saturated heterocycles. The summed E-state index contributed by atoms with van der Waals surface area (Å²) in [7, 11) is -3.79. The van der Waals surface area contributed by atoms with Crippen molar-refractivity contribution >= 4 is 15.7 Å². The smallest absolute Gasteiger partial charge is 0.270 e. The van der Waals surface area contributed by atoms with Gasteiger partial charge >= 0.3 is 0 Å². The van der Waals surface area contributed by atoms with Crippen LogP contribution in [0.2, 0.25) is 0 Å². The Morgan fingerprint density at radius 1 is 1.10 bits per heavy atom. The molecule has 2 aromatic carbocycles. The van der Waals surface area contributed by atoms with Gasteiger partial charge in [0.15, 0.2) is 0 Å². The number of hydrogen-bond acceptors (Lipinski definition) is 6. The van der Waals surface area contributed by atoms with Crippen LogP contribution in [-0.4, -0.2) is 61.9 Å². The van der Waals surface area contributed by atoms with Crippen molar-refractivity contribution in [3.05, 3.63) is 64.0 Å². The fourth-order valence-electron chi connectivity index (χ4n) is 3.32. The Balaban J connectivity index is 1.50. The van der Waals surface area contributed by atoms with Crippen LogP contribution in [0.1, 0.15) is 12.0 Å². The lowest BCUT2D eigenvalue weighted by atomic mass is 10.2. The SMILES string of the molecule is Cc1ccc([N+](=O)[O-])cc1S(=O)(=O)N1CCN(CCCOc2ccc(F)cc2)CC1. The summed E-state index contributed by atoms with van der Waals surface area (Å²) in [4.78, 5) is 12.5. The highest BCUT2D eigenvalue weighted by molar-refractivity contribution is 7.89. The molecule has 0 spiro atoms. The molecular weight excluding hydrogens is 413 g/mol. The minimum Gasteiger partial charge on any atom is -0.494 e. The molecule has 0 aliphatic carbocycles. The van der Waals surface area contributed by atoms with Crippen molar-refractivity contribution < 1.29 is 22.5 Å². The lowest BCUT2D eigenvalue weighted by Gasteiger charge is -2.34. The summed E-state index contributed by atoms with van der Waals surface area (Å²) >= 11 is 0. The van der Waals surface area contributed by atoms with Crippen molar-refractivity contribution in [1.82, 2.24) is 9.21 Å². The molecule has 1 aliphatic heterocycles. The van der Waals surface area contributed by atoms with Gasteiger partial charge in [0.25, 0.3) is 5.69 Å². The van der Waals surface area contributed by atoms with Crippen LogP contribution in [0, 0.1) is 22.9 Å². The summed E-state index contributed by atoms with van der Waals surface area (Å²) in [5.41, 5.74) is 0.250. The molecule has 0 aromatic heterocycles. The molecule has 0 amide bonds. The first-order valence-electron chi connectivity index (χ1n) is 9.63. The molecular formula is C20H24FN3O5S. The first-order valence-corrected chi connectivity index (χ1v) is 11.1. The third-order valence-electron chi connectivity index (χ3n) is 5.03. The zero-order valence-corrected chi connectivity index (χ0v) is 17.5. The van der Waals surface area contributed by atoms with Crippen LogP contribution in [0.4, 0.5) is 10.1 Å². The van der Waals surface area contributed by atoms with Crippen molar-refractivity contribution in [2.24, 2.45) is 0 Å². The normalized spacial score (nSPS) is 15.8. The molecule has 0 saturated carbocycles. The summed E-state index contributed by atoms with van der Waals surface area (Å²) in [6.07, 6.45) is 0.758. The van der Waals surface area contributed by atoms with Crippen LogP contribution < -0.4 is 4.74 Å². The Kier molecular flexibility index (Phi) is 7.01. The monoisotopic (exact) mass is 437 g/mol. The molecule has 2 aromatic rings. The Morgan fingerprint density at radius 3 is 2.40 bits per heavy atom. The molecule has 0 radical (unpaired) electrons. The number of ether oxygens (including phenoxy) is 1. The van der Waals surface area contributed by atoms with Crippen molar-refractivity contribution in [1.29, 1.82) is 0 Å². The second kappa shape index (κ2) is 9.50. The maximum Gasteiger partial charge on any atom is 0.270 e. The number of aryl methyl sites for hydroxylation is 1. The van der Waals surface area contributed by atoms with Gasteiger partial charge in [0.05, 0.1) is 16.4 Å². The number of nitro benzene ring substituents is 1. The van der Waals surface area contributed by atoms with Crippen LogP contribution in [0.25, 0.3) is 0 Å². The maximum atomic E-state index is 13.0. The number of nitrogens with zero attached hydrogens (tertiary/aromatic N) is 3. The Bertz CT molecular complexity index is 990. The third-order valence-corrected chi connectivity index (χ3v) is 7.07. The summed E-state index contributed by atoms with van der Waals surface area (Å²) in [6, 6.07) is 9.74. The highest BCUT2D eigenvalue weighted by Gasteiger charge is 2.30. The predicted octanol–water partition coefficient (Wildman–Crippen LogP) is 2.82. The molecule has 162 valence electrons. The van der Waals surface area contributed by atoms with Crippen LogP contribution in [0.5, 0.6) is 5.75 Å². The van der Waals surface area contributed by atoms with E-state index in [4.69, 9.17) is 4.74 Å². The zero-order chi connectivity index (χ0) is 21.7. The summed E-state index contributed by atoms with van der Waals surface area (Å²) < 4.78 is 45.8. The molecule has 0 atom stereocenters. The molecule has 0 bridgehead atoms. The van der Waals surface area contributed by atoms with E-state index >= 15 is 0 Å². The molecule has 0 N–H and O–H groups in total. The summed E-state index contributed by atoms with van der Waals surface area (Å²) in [5.74, 6) is 0.301. The number of non-ortho nitro benzene ring substituents is 1. The van der Waals surface area contributed by atoms with Gasteiger partial charge in [-0.1, -0.05) is 6.07 Å². The fraction of sp³-hybridized carbons (Fsp3) is 0.400. The number of sulfonamides is 1. The number of nitro groups is 1. The van der Waals surface area contributed by atoms with E-state index < -0.39 is 14.9 Å². The van der Waals surface area contributed by atoms with E-state index in [1.54, 1.807) is 19.1 Å².